The maximum absolute atomic E-state index is 12.6. The van der Waals surface area contributed by atoms with Gasteiger partial charge in [0.15, 0.2) is 9.84 Å². The number of hydrogen-bond donors (Lipinski definition) is 1. The highest BCUT2D eigenvalue weighted by atomic mass is 32.2. The number of thiazole rings is 1. The van der Waals surface area contributed by atoms with E-state index >= 15 is 0 Å². The van der Waals surface area contributed by atoms with E-state index in [1.165, 1.54) is 6.20 Å². The molecule has 0 amide bonds. The average Bonchev–Trinajstić information content (AvgIpc) is 3.13. The Morgan fingerprint density at radius 3 is 2.45 bits per heavy atom. The number of sulfone groups is 1. The topological polar surface area (TPSA) is 106 Å². The second-order valence-corrected chi connectivity index (χ2v) is 10.4. The van der Waals surface area contributed by atoms with E-state index in [-0.39, 0.29) is 16.3 Å². The van der Waals surface area contributed by atoms with E-state index in [2.05, 4.69) is 4.98 Å². The molecule has 0 radical (unpaired) electrons. The fraction of sp³-hybridized carbons (Fsp3) is 0.136. The lowest BCUT2D eigenvalue weighted by molar-refractivity contribution is 0.0695. The van der Waals surface area contributed by atoms with Crippen molar-refractivity contribution in [3.8, 4) is 11.1 Å². The van der Waals surface area contributed by atoms with Crippen molar-refractivity contribution in [1.82, 2.24) is 9.55 Å². The molecule has 0 fully saturated rings. The van der Waals surface area contributed by atoms with Gasteiger partial charge < -0.3 is 9.67 Å². The van der Waals surface area contributed by atoms with E-state index in [9.17, 15) is 23.1 Å². The molecular formula is C22H18N2O5S2. The number of aromatic carboxylic acids is 1. The molecule has 9 heteroatoms. The van der Waals surface area contributed by atoms with Crippen molar-refractivity contribution >= 4 is 37.5 Å². The van der Waals surface area contributed by atoms with Crippen LogP contribution >= 0.6 is 11.3 Å². The van der Waals surface area contributed by atoms with Crippen LogP contribution in [0.25, 0.3) is 21.5 Å². The van der Waals surface area contributed by atoms with E-state index in [0.29, 0.717) is 11.4 Å². The average molecular weight is 455 g/mol. The molecule has 0 saturated heterocycles. The van der Waals surface area contributed by atoms with Gasteiger partial charge in [-0.05, 0) is 16.7 Å². The zero-order chi connectivity index (χ0) is 22.2. The van der Waals surface area contributed by atoms with Crippen molar-refractivity contribution in [2.45, 2.75) is 12.3 Å². The van der Waals surface area contributed by atoms with Crippen molar-refractivity contribution in [2.75, 3.05) is 6.26 Å². The molecule has 158 valence electrons. The summed E-state index contributed by atoms with van der Waals surface area (Å²) in [6.07, 6.45) is 2.39. The third-order valence-electron chi connectivity index (χ3n) is 4.72. The van der Waals surface area contributed by atoms with Crippen molar-refractivity contribution in [3.63, 3.8) is 0 Å². The number of fused-ring (bicyclic) bond motifs is 1. The highest BCUT2D eigenvalue weighted by Gasteiger charge is 2.20. The van der Waals surface area contributed by atoms with E-state index in [4.69, 9.17) is 0 Å². The van der Waals surface area contributed by atoms with Crippen molar-refractivity contribution < 1.29 is 18.3 Å². The quantitative estimate of drug-likeness (QED) is 0.479. The third-order valence-corrected chi connectivity index (χ3v) is 6.79. The number of carbonyl (C=O) groups is 1. The first-order valence-electron chi connectivity index (χ1n) is 9.30. The predicted octanol–water partition coefficient (Wildman–Crippen LogP) is 3.42. The van der Waals surface area contributed by atoms with Gasteiger partial charge in [0.25, 0.3) is 0 Å². The third kappa shape index (κ3) is 4.42. The van der Waals surface area contributed by atoms with Crippen molar-refractivity contribution in [3.05, 3.63) is 87.2 Å². The van der Waals surface area contributed by atoms with Crippen LogP contribution < -0.4 is 5.43 Å². The first-order valence-corrected chi connectivity index (χ1v) is 12.2. The molecule has 0 aliphatic heterocycles. The summed E-state index contributed by atoms with van der Waals surface area (Å²) in [6.45, 7) is 0.294. The Hall–Kier alpha value is -3.30. The van der Waals surface area contributed by atoms with Crippen molar-refractivity contribution in [2.24, 2.45) is 0 Å². The van der Waals surface area contributed by atoms with Crippen LogP contribution in [0.4, 0.5) is 0 Å². The summed E-state index contributed by atoms with van der Waals surface area (Å²) >= 11 is 1.09. The maximum atomic E-state index is 12.6. The summed E-state index contributed by atoms with van der Waals surface area (Å²) in [5.74, 6) is -1.66. The lowest BCUT2D eigenvalue weighted by Gasteiger charge is -2.13. The summed E-state index contributed by atoms with van der Waals surface area (Å²) in [4.78, 5) is 28.9. The zero-order valence-corrected chi connectivity index (χ0v) is 18.1. The molecule has 0 aliphatic carbocycles. The second-order valence-electron chi connectivity index (χ2n) is 7.16. The molecule has 31 heavy (non-hydrogen) atoms. The summed E-state index contributed by atoms with van der Waals surface area (Å²) in [5.41, 5.74) is 1.77. The number of rotatable bonds is 6. The van der Waals surface area contributed by atoms with Crippen LogP contribution in [0.1, 0.15) is 20.9 Å². The smallest absolute Gasteiger partial charge is 0.341 e. The largest absolute Gasteiger partial charge is 0.477 e. The highest BCUT2D eigenvalue weighted by molar-refractivity contribution is 7.90. The standard InChI is InChI=1S/C22H18N2O5S2/c1-31(28,29)13-18-23-19-20(25)17(22(26)27)12-24(21(19)30-18)11-15-9-5-6-10-16(15)14-7-3-2-4-8-14/h2-10,12H,11,13H2,1H3,(H,26,27). The first kappa shape index (κ1) is 21.0. The molecule has 2 aromatic carbocycles. The molecule has 1 N–H and O–H groups in total. The normalized spacial score (nSPS) is 11.6. The Morgan fingerprint density at radius 2 is 1.77 bits per heavy atom. The van der Waals surface area contributed by atoms with Gasteiger partial charge in [-0.1, -0.05) is 65.9 Å². The molecule has 0 atom stereocenters. The summed E-state index contributed by atoms with van der Waals surface area (Å²) in [7, 11) is -3.36. The van der Waals surface area contributed by atoms with Crippen LogP contribution in [-0.2, 0) is 22.1 Å². The van der Waals surface area contributed by atoms with Gasteiger partial charge in [-0.25, -0.2) is 18.2 Å². The maximum Gasteiger partial charge on any atom is 0.341 e. The summed E-state index contributed by atoms with van der Waals surface area (Å²) in [5, 5.41) is 9.76. The molecule has 4 rings (SSSR count). The first-order chi connectivity index (χ1) is 14.7. The van der Waals surface area contributed by atoms with Gasteiger partial charge in [0.2, 0.25) is 5.43 Å². The molecule has 0 bridgehead atoms. The molecule has 0 aliphatic rings. The van der Waals surface area contributed by atoms with Gasteiger partial charge in [0.05, 0.1) is 0 Å². The van der Waals surface area contributed by atoms with Gasteiger partial charge in [-0.3, -0.25) is 4.79 Å². The van der Waals surface area contributed by atoms with Crippen LogP contribution in [-0.4, -0.2) is 35.3 Å². The molecule has 4 aromatic rings. The van der Waals surface area contributed by atoms with Gasteiger partial charge in [-0.15, -0.1) is 0 Å². The Balaban J connectivity index is 1.89. The highest BCUT2D eigenvalue weighted by Crippen LogP contribution is 2.27. The SMILES string of the molecule is CS(=O)(=O)Cc1nc2c(=O)c(C(=O)O)cn(Cc3ccccc3-c3ccccc3)c2s1. The lowest BCUT2D eigenvalue weighted by atomic mass is 9.99. The number of carboxylic acids is 1. The summed E-state index contributed by atoms with van der Waals surface area (Å²) < 4.78 is 25.1. The Labute approximate surface area is 182 Å². The molecule has 0 unspecified atom stereocenters. The Bertz CT molecular complexity index is 1450. The van der Waals surface area contributed by atoms with Gasteiger partial charge >= 0.3 is 5.97 Å². The molecule has 0 saturated carbocycles. The number of carboxylic acid groups (broad SMARTS) is 1. The lowest BCUT2D eigenvalue weighted by Crippen LogP contribution is -2.19. The van der Waals surface area contributed by atoms with E-state index in [1.807, 2.05) is 54.6 Å². The van der Waals surface area contributed by atoms with E-state index < -0.39 is 26.8 Å². The zero-order valence-electron chi connectivity index (χ0n) is 16.5. The van der Waals surface area contributed by atoms with Crippen LogP contribution in [0.15, 0.2) is 65.6 Å². The van der Waals surface area contributed by atoms with Gasteiger partial charge in [0.1, 0.15) is 26.7 Å². The Morgan fingerprint density at radius 1 is 1.10 bits per heavy atom. The fourth-order valence-corrected chi connectivity index (χ4v) is 5.62. The number of benzene rings is 2. The number of nitrogens with zero attached hydrogens (tertiary/aromatic N) is 2. The van der Waals surface area contributed by atoms with Gasteiger partial charge in [-0.2, -0.15) is 0 Å². The summed E-state index contributed by atoms with van der Waals surface area (Å²) in [6, 6.07) is 17.5. The minimum absolute atomic E-state index is 0.0271. The van der Waals surface area contributed by atoms with Crippen LogP contribution in [0.3, 0.4) is 0 Å². The predicted molar refractivity (Wildman–Crippen MR) is 120 cm³/mol. The van der Waals surface area contributed by atoms with Crippen LogP contribution in [0.5, 0.6) is 0 Å². The molecule has 0 spiro atoms. The molecule has 7 nitrogen and oxygen atoms in total. The number of aromatic nitrogens is 2. The van der Waals surface area contributed by atoms with Crippen molar-refractivity contribution in [1.29, 1.82) is 0 Å². The van der Waals surface area contributed by atoms with Crippen LogP contribution in [0, 0.1) is 0 Å². The Kier molecular flexibility index (Phi) is 5.47. The number of pyridine rings is 1. The second kappa shape index (κ2) is 8.09. The van der Waals surface area contributed by atoms with Crippen LogP contribution in [0.2, 0.25) is 0 Å². The monoisotopic (exact) mass is 454 g/mol. The minimum Gasteiger partial charge on any atom is -0.477 e. The van der Waals surface area contributed by atoms with Gasteiger partial charge in [0, 0.05) is 19.0 Å². The number of hydrogen-bond acceptors (Lipinski definition) is 6. The molecular weight excluding hydrogens is 436 g/mol. The minimum atomic E-state index is -3.36. The molecule has 2 heterocycles. The fourth-order valence-electron chi connectivity index (χ4n) is 3.40. The van der Waals surface area contributed by atoms with E-state index in [0.717, 1.165) is 34.3 Å². The van der Waals surface area contributed by atoms with E-state index in [1.54, 1.807) is 4.57 Å². The molecule has 2 aromatic heterocycles.